The Morgan fingerprint density at radius 1 is 1.13 bits per heavy atom. The lowest BCUT2D eigenvalue weighted by atomic mass is 9.84. The Morgan fingerprint density at radius 2 is 1.80 bits per heavy atom. The van der Waals surface area contributed by atoms with Crippen LogP contribution in [0.15, 0.2) is 24.3 Å². The minimum Gasteiger partial charge on any atom is -0.494 e. The van der Waals surface area contributed by atoms with E-state index in [0.29, 0.717) is 67.3 Å². The van der Waals surface area contributed by atoms with Gasteiger partial charge in [-0.25, -0.2) is 4.79 Å². The summed E-state index contributed by atoms with van der Waals surface area (Å²) in [5.74, 6) is -0.0744. The fourth-order valence-corrected chi connectivity index (χ4v) is 5.78. The zero-order valence-corrected chi connectivity index (χ0v) is 28.8. The van der Waals surface area contributed by atoms with Crippen molar-refractivity contribution in [2.45, 2.75) is 71.6 Å². The van der Waals surface area contributed by atoms with Crippen molar-refractivity contribution >= 4 is 46.2 Å². The van der Waals surface area contributed by atoms with E-state index in [2.05, 4.69) is 31.0 Å². The highest BCUT2D eigenvalue weighted by molar-refractivity contribution is 8.93. The molecule has 0 spiro atoms. The number of amidine groups is 1. The van der Waals surface area contributed by atoms with E-state index in [-0.39, 0.29) is 52.6 Å². The summed E-state index contributed by atoms with van der Waals surface area (Å²) in [7, 11) is 3.18. The number of halogens is 1. The van der Waals surface area contributed by atoms with Gasteiger partial charge in [0.2, 0.25) is 0 Å². The summed E-state index contributed by atoms with van der Waals surface area (Å²) in [6, 6.07) is 7.20. The van der Waals surface area contributed by atoms with Crippen molar-refractivity contribution in [1.82, 2.24) is 10.2 Å². The number of ether oxygens (including phenoxy) is 3. The van der Waals surface area contributed by atoms with Crippen molar-refractivity contribution in [2.75, 3.05) is 45.3 Å². The van der Waals surface area contributed by atoms with Crippen LogP contribution in [-0.2, 0) is 21.5 Å². The zero-order chi connectivity index (χ0) is 32.3. The second kappa shape index (κ2) is 14.6. The van der Waals surface area contributed by atoms with Crippen LogP contribution in [0.3, 0.4) is 0 Å². The standard InChI is InChI=1S/C33H44N4O7.BrH/c1-8-43-28-15-21-17-37(30(34)23(21)16-24(28)31(39)35-6)18-27(38)20-13-25(33(3,4)5)29(42-7)26(14-20)36-11-9-22(10-12-36)44-19(2)32(40)41;/h13-16,19,22,34H,8-12,17-18H2,1-7H3,(H,35,39)(H,40,41);1H. The SMILES string of the molecule is Br.CCOc1cc2c(cc1C(=O)NC)C(=N)N(CC(=O)c1cc(N3CCC(OC(C)C(=O)O)CC3)c(OC)c(C(C)(C)C)c1)C2. The van der Waals surface area contributed by atoms with Gasteiger partial charge in [-0.1, -0.05) is 20.8 Å². The van der Waals surface area contributed by atoms with E-state index in [0.717, 1.165) is 16.8 Å². The molecule has 4 rings (SSSR count). The summed E-state index contributed by atoms with van der Waals surface area (Å²) in [6.07, 6.45) is 0.264. The minimum atomic E-state index is -0.981. The van der Waals surface area contributed by atoms with Crippen LogP contribution in [0.1, 0.15) is 84.9 Å². The molecule has 1 amide bonds. The van der Waals surface area contributed by atoms with Crippen LogP contribution < -0.4 is 19.7 Å². The molecule has 1 atom stereocenters. The van der Waals surface area contributed by atoms with Gasteiger partial charge >= 0.3 is 5.97 Å². The lowest BCUT2D eigenvalue weighted by Crippen LogP contribution is -2.39. The van der Waals surface area contributed by atoms with Gasteiger partial charge in [0.1, 0.15) is 17.3 Å². The number of fused-ring (bicyclic) bond motifs is 1. The number of methoxy groups -OCH3 is 1. The highest BCUT2D eigenvalue weighted by atomic mass is 79.9. The molecule has 0 saturated carbocycles. The molecule has 2 heterocycles. The van der Waals surface area contributed by atoms with Crippen LogP contribution in [-0.4, -0.2) is 86.1 Å². The Hall–Kier alpha value is -3.64. The molecule has 1 fully saturated rings. The van der Waals surface area contributed by atoms with Gasteiger partial charge in [0.15, 0.2) is 11.9 Å². The van der Waals surface area contributed by atoms with Crippen LogP contribution >= 0.6 is 17.0 Å². The lowest BCUT2D eigenvalue weighted by Gasteiger charge is -2.36. The number of hydrogen-bond donors (Lipinski definition) is 3. The number of piperidine rings is 1. The summed E-state index contributed by atoms with van der Waals surface area (Å²) >= 11 is 0. The molecule has 0 bridgehead atoms. The molecule has 2 aromatic rings. The highest BCUT2D eigenvalue weighted by Crippen LogP contribution is 2.41. The van der Waals surface area contributed by atoms with Crippen LogP contribution in [0.25, 0.3) is 0 Å². The monoisotopic (exact) mass is 688 g/mol. The number of Topliss-reactive ketones (excluding diaryl/α,β-unsaturated/α-hetero) is 1. The van der Waals surface area contributed by atoms with Gasteiger partial charge in [-0.3, -0.25) is 15.0 Å². The Balaban J connectivity index is 0.00000552. The van der Waals surface area contributed by atoms with E-state index in [1.54, 1.807) is 38.1 Å². The van der Waals surface area contributed by atoms with Gasteiger partial charge in [0.05, 0.1) is 37.6 Å². The molecule has 2 aliphatic heterocycles. The van der Waals surface area contributed by atoms with Gasteiger partial charge in [-0.2, -0.15) is 0 Å². The third-order valence-corrected chi connectivity index (χ3v) is 8.17. The topological polar surface area (TPSA) is 141 Å². The third-order valence-electron chi connectivity index (χ3n) is 8.17. The van der Waals surface area contributed by atoms with E-state index in [1.807, 2.05) is 19.1 Å². The quantitative estimate of drug-likeness (QED) is 0.284. The van der Waals surface area contributed by atoms with Crippen molar-refractivity contribution in [2.24, 2.45) is 0 Å². The average Bonchev–Trinajstić information content (AvgIpc) is 3.28. The molecule has 2 aromatic carbocycles. The summed E-state index contributed by atoms with van der Waals surface area (Å²) in [5.41, 5.74) is 3.69. The molecule has 246 valence electrons. The molecule has 0 aromatic heterocycles. The number of benzene rings is 2. The molecule has 3 N–H and O–H groups in total. The number of carboxylic acid groups (broad SMARTS) is 1. The first-order valence-corrected chi connectivity index (χ1v) is 15.0. The van der Waals surface area contributed by atoms with E-state index in [9.17, 15) is 19.5 Å². The number of hydrogen-bond acceptors (Lipinski definition) is 8. The molecule has 0 radical (unpaired) electrons. The largest absolute Gasteiger partial charge is 0.494 e. The molecule has 1 saturated heterocycles. The van der Waals surface area contributed by atoms with Crippen LogP contribution in [0, 0.1) is 5.41 Å². The molecule has 11 nitrogen and oxygen atoms in total. The van der Waals surface area contributed by atoms with Crippen molar-refractivity contribution < 1.29 is 33.7 Å². The van der Waals surface area contributed by atoms with Crippen molar-refractivity contribution in [3.63, 3.8) is 0 Å². The van der Waals surface area contributed by atoms with E-state index in [4.69, 9.17) is 19.6 Å². The minimum absolute atomic E-state index is 0. The number of ketones is 1. The zero-order valence-electron chi connectivity index (χ0n) is 27.1. The first-order valence-electron chi connectivity index (χ1n) is 15.0. The second-order valence-corrected chi connectivity index (χ2v) is 12.3. The molecule has 2 aliphatic rings. The number of aliphatic carboxylic acids is 1. The van der Waals surface area contributed by atoms with Crippen LogP contribution in [0.4, 0.5) is 5.69 Å². The maximum absolute atomic E-state index is 13.9. The van der Waals surface area contributed by atoms with Crippen molar-refractivity contribution in [1.29, 1.82) is 5.41 Å². The second-order valence-electron chi connectivity index (χ2n) is 12.3. The predicted molar refractivity (Wildman–Crippen MR) is 178 cm³/mol. The van der Waals surface area contributed by atoms with Gasteiger partial charge in [0.25, 0.3) is 5.91 Å². The number of nitrogens with one attached hydrogen (secondary N) is 2. The number of carbonyl (C=O) groups is 3. The summed E-state index contributed by atoms with van der Waals surface area (Å²) < 4.78 is 17.4. The van der Waals surface area contributed by atoms with Crippen molar-refractivity contribution in [3.05, 3.63) is 52.1 Å². The van der Waals surface area contributed by atoms with E-state index in [1.165, 1.54) is 0 Å². The number of rotatable bonds is 11. The first-order chi connectivity index (χ1) is 20.8. The fraction of sp³-hybridized carbons (Fsp3) is 0.515. The summed E-state index contributed by atoms with van der Waals surface area (Å²) in [4.78, 5) is 41.5. The van der Waals surface area contributed by atoms with E-state index < -0.39 is 12.1 Å². The maximum atomic E-state index is 13.9. The Morgan fingerprint density at radius 3 is 2.36 bits per heavy atom. The van der Waals surface area contributed by atoms with Gasteiger partial charge < -0.3 is 34.4 Å². The molecular weight excluding hydrogens is 644 g/mol. The highest BCUT2D eigenvalue weighted by Gasteiger charge is 2.32. The van der Waals surface area contributed by atoms with Gasteiger partial charge in [0, 0.05) is 43.4 Å². The summed E-state index contributed by atoms with van der Waals surface area (Å²) in [6.45, 7) is 11.6. The number of anilines is 1. The maximum Gasteiger partial charge on any atom is 0.332 e. The average molecular weight is 690 g/mol. The molecule has 45 heavy (non-hydrogen) atoms. The fourth-order valence-electron chi connectivity index (χ4n) is 5.78. The molecular formula is C33H45BrN4O7. The third kappa shape index (κ3) is 7.78. The Labute approximate surface area is 275 Å². The first kappa shape index (κ1) is 35.8. The number of nitrogens with zero attached hydrogens (tertiary/aromatic N) is 2. The van der Waals surface area contributed by atoms with Crippen LogP contribution in [0.2, 0.25) is 0 Å². The number of carboxylic acids is 1. The van der Waals surface area contributed by atoms with Crippen LogP contribution in [0.5, 0.6) is 11.5 Å². The van der Waals surface area contributed by atoms with Gasteiger partial charge in [-0.05, 0) is 61.9 Å². The lowest BCUT2D eigenvalue weighted by molar-refractivity contribution is -0.153. The van der Waals surface area contributed by atoms with Crippen molar-refractivity contribution in [3.8, 4) is 11.5 Å². The smallest absolute Gasteiger partial charge is 0.332 e. The Bertz CT molecular complexity index is 1450. The molecule has 0 aliphatic carbocycles. The summed E-state index contributed by atoms with van der Waals surface area (Å²) in [5, 5.41) is 20.7. The molecule has 12 heteroatoms. The normalized spacial score (nSPS) is 15.7. The Kier molecular flexibility index (Phi) is 11.7. The van der Waals surface area contributed by atoms with E-state index >= 15 is 0 Å². The predicted octanol–water partition coefficient (Wildman–Crippen LogP) is 4.81. The number of carbonyl (C=O) groups excluding carboxylic acids is 2. The molecule has 1 unspecified atom stereocenters. The van der Waals surface area contributed by atoms with Gasteiger partial charge in [-0.15, -0.1) is 17.0 Å². The number of amides is 1.